The molecule has 2 N–H and O–H groups in total. The van der Waals surface area contributed by atoms with Crippen LogP contribution in [-0.4, -0.2) is 32.8 Å². The lowest BCUT2D eigenvalue weighted by atomic mass is 9.76. The van der Waals surface area contributed by atoms with Gasteiger partial charge in [0.25, 0.3) is 5.91 Å². The van der Waals surface area contributed by atoms with Crippen molar-refractivity contribution in [1.29, 1.82) is 0 Å². The predicted molar refractivity (Wildman–Crippen MR) is 156 cm³/mol. The molecule has 0 saturated heterocycles. The van der Waals surface area contributed by atoms with Crippen LogP contribution in [0.4, 0.5) is 15.8 Å². The lowest BCUT2D eigenvalue weighted by Crippen LogP contribution is -2.39. The summed E-state index contributed by atoms with van der Waals surface area (Å²) < 4.78 is 40.0. The van der Waals surface area contributed by atoms with Crippen molar-refractivity contribution in [1.82, 2.24) is 5.43 Å². The van der Waals surface area contributed by atoms with E-state index in [-0.39, 0.29) is 17.8 Å². The molecule has 0 unspecified atom stereocenters. The lowest BCUT2D eigenvalue weighted by molar-refractivity contribution is -0.119. The third-order valence-electron chi connectivity index (χ3n) is 7.14. The van der Waals surface area contributed by atoms with E-state index >= 15 is 0 Å². The second-order valence-corrected chi connectivity index (χ2v) is 12.6. The molecule has 0 saturated carbocycles. The number of nitrogens with zero attached hydrogens (tertiary/aromatic N) is 2. The monoisotopic (exact) mass is 610 g/mol. The van der Waals surface area contributed by atoms with Crippen LogP contribution in [0, 0.1) is 11.7 Å². The van der Waals surface area contributed by atoms with E-state index in [1.165, 1.54) is 12.1 Å². The topological polar surface area (TPSA) is 90.9 Å². The second kappa shape index (κ2) is 10.9. The number of hydrogen-bond donors (Lipinski definition) is 2. The summed E-state index contributed by atoms with van der Waals surface area (Å²) in [4.78, 5) is 12.7. The highest BCUT2D eigenvalue weighted by molar-refractivity contribution is 9.10. The molecule has 1 aliphatic carbocycles. The molecule has 3 aromatic rings. The van der Waals surface area contributed by atoms with Crippen molar-refractivity contribution in [3.8, 4) is 0 Å². The van der Waals surface area contributed by atoms with E-state index in [1.807, 2.05) is 24.3 Å². The van der Waals surface area contributed by atoms with Gasteiger partial charge in [-0.1, -0.05) is 52.3 Å². The molecular weight excluding hydrogens is 583 g/mol. The summed E-state index contributed by atoms with van der Waals surface area (Å²) in [5.41, 5.74) is 7.53. The first-order valence-corrected chi connectivity index (χ1v) is 15.1. The molecule has 2 aliphatic rings. The summed E-state index contributed by atoms with van der Waals surface area (Å²) in [7, 11) is -3.69. The molecule has 5 rings (SSSR count). The molecule has 0 aromatic heterocycles. The fourth-order valence-corrected chi connectivity index (χ4v) is 6.46. The minimum atomic E-state index is -3.69. The summed E-state index contributed by atoms with van der Waals surface area (Å²) in [5, 5.41) is 7.90. The van der Waals surface area contributed by atoms with Crippen LogP contribution in [0.5, 0.6) is 0 Å². The van der Waals surface area contributed by atoms with Crippen molar-refractivity contribution in [2.75, 3.05) is 22.4 Å². The molecule has 0 spiro atoms. The molecule has 202 valence electrons. The molecule has 3 aromatic carbocycles. The van der Waals surface area contributed by atoms with E-state index in [1.54, 1.807) is 31.2 Å². The Labute approximate surface area is 236 Å². The van der Waals surface area contributed by atoms with Gasteiger partial charge in [-0.2, -0.15) is 5.10 Å². The Hall–Kier alpha value is -3.50. The van der Waals surface area contributed by atoms with Crippen LogP contribution >= 0.6 is 15.9 Å². The van der Waals surface area contributed by atoms with Crippen molar-refractivity contribution in [3.63, 3.8) is 0 Å². The quantitative estimate of drug-likeness (QED) is 0.203. The fraction of sp³-hybridized carbons (Fsp3) is 0.241. The number of fused-ring (bicyclic) bond motifs is 3. The summed E-state index contributed by atoms with van der Waals surface area (Å²) in [6.45, 7) is 1.39. The first kappa shape index (κ1) is 27.1. The highest BCUT2D eigenvalue weighted by Crippen LogP contribution is 2.50. The van der Waals surface area contributed by atoms with E-state index in [9.17, 15) is 17.6 Å². The number of benzene rings is 3. The third kappa shape index (κ3) is 5.91. The average Bonchev–Trinajstić information content (AvgIpc) is 3.40. The van der Waals surface area contributed by atoms with Gasteiger partial charge in [0, 0.05) is 16.1 Å². The van der Waals surface area contributed by atoms with Crippen LogP contribution in [0.15, 0.2) is 88.5 Å². The van der Waals surface area contributed by atoms with Gasteiger partial charge in [0.2, 0.25) is 10.0 Å². The van der Waals surface area contributed by atoms with Gasteiger partial charge in [-0.15, -0.1) is 0 Å². The Morgan fingerprint density at radius 3 is 2.64 bits per heavy atom. The number of nitrogens with one attached hydrogen (secondary N) is 2. The van der Waals surface area contributed by atoms with Crippen molar-refractivity contribution in [2.24, 2.45) is 11.0 Å². The number of carbonyl (C=O) groups is 1. The summed E-state index contributed by atoms with van der Waals surface area (Å²) >= 11 is 3.33. The van der Waals surface area contributed by atoms with E-state index in [0.717, 1.165) is 39.4 Å². The van der Waals surface area contributed by atoms with E-state index in [4.69, 9.17) is 0 Å². The Morgan fingerprint density at radius 2 is 1.92 bits per heavy atom. The smallest absolute Gasteiger partial charge is 0.260 e. The molecule has 0 bridgehead atoms. The molecule has 1 aliphatic heterocycles. The van der Waals surface area contributed by atoms with Crippen LogP contribution in [0.25, 0.3) is 0 Å². The number of halogens is 2. The number of amides is 1. The normalized spacial score (nSPS) is 20.1. The van der Waals surface area contributed by atoms with Crippen LogP contribution < -0.4 is 15.0 Å². The number of hydrazone groups is 1. The molecular formula is C29H28BrFN4O3S. The van der Waals surface area contributed by atoms with Crippen LogP contribution in [0.3, 0.4) is 0 Å². The van der Waals surface area contributed by atoms with Crippen LogP contribution in [0.1, 0.15) is 42.0 Å². The fourth-order valence-electron chi connectivity index (χ4n) is 5.23. The van der Waals surface area contributed by atoms with Gasteiger partial charge in [-0.3, -0.25) is 9.10 Å². The number of rotatable bonds is 7. The highest BCUT2D eigenvalue weighted by atomic mass is 79.9. The minimum Gasteiger partial charge on any atom is -0.378 e. The van der Waals surface area contributed by atoms with Gasteiger partial charge in [0.15, 0.2) is 0 Å². The number of anilines is 2. The van der Waals surface area contributed by atoms with E-state index in [2.05, 4.69) is 50.0 Å². The molecule has 1 heterocycles. The van der Waals surface area contributed by atoms with Gasteiger partial charge in [-0.25, -0.2) is 18.2 Å². The average molecular weight is 612 g/mol. The number of allylic oxidation sites excluding steroid dienone is 2. The Kier molecular flexibility index (Phi) is 7.59. The number of sulfonamides is 1. The van der Waals surface area contributed by atoms with Crippen molar-refractivity contribution in [2.45, 2.75) is 25.3 Å². The first-order chi connectivity index (χ1) is 18.6. The second-order valence-electron chi connectivity index (χ2n) is 9.81. The Balaban J connectivity index is 1.33. The molecule has 39 heavy (non-hydrogen) atoms. The molecule has 0 radical (unpaired) electrons. The van der Waals surface area contributed by atoms with Gasteiger partial charge in [-0.05, 0) is 78.4 Å². The third-order valence-corrected chi connectivity index (χ3v) is 8.78. The Bertz CT molecular complexity index is 1570. The molecule has 0 fully saturated rings. The highest BCUT2D eigenvalue weighted by Gasteiger charge is 2.38. The van der Waals surface area contributed by atoms with Gasteiger partial charge < -0.3 is 5.32 Å². The van der Waals surface area contributed by atoms with Crippen LogP contribution in [-0.2, 0) is 14.8 Å². The zero-order chi connectivity index (χ0) is 27.7. The summed E-state index contributed by atoms with van der Waals surface area (Å²) in [5.74, 6) is -0.303. The zero-order valence-electron chi connectivity index (χ0n) is 21.4. The first-order valence-electron chi connectivity index (χ1n) is 12.5. The number of hydrogen-bond acceptors (Lipinski definition) is 5. The van der Waals surface area contributed by atoms with Gasteiger partial charge >= 0.3 is 0 Å². The van der Waals surface area contributed by atoms with Gasteiger partial charge in [0.1, 0.15) is 12.4 Å². The standard InChI is InChI=1S/C29H28BrFN4O3S/c1-18(33-34-28(36)17-35(39(2,37)38)23-6-3-5-21(30)16-23)20-11-14-27-26(15-20)24-7-4-8-25(24)29(32-27)19-9-12-22(31)13-10-19/h3-7,9-16,24-25,29,32H,8,17H2,1-2H3,(H,34,36)/b33-18+/t24-,25+,29+/m1/s1. The van der Waals surface area contributed by atoms with Crippen molar-refractivity contribution >= 4 is 48.9 Å². The maximum atomic E-state index is 13.5. The van der Waals surface area contributed by atoms with Crippen LogP contribution in [0.2, 0.25) is 0 Å². The molecule has 1 amide bonds. The lowest BCUT2D eigenvalue weighted by Gasteiger charge is -2.37. The zero-order valence-corrected chi connectivity index (χ0v) is 23.8. The minimum absolute atomic E-state index is 0.0704. The van der Waals surface area contributed by atoms with Crippen molar-refractivity contribution in [3.05, 3.63) is 106 Å². The van der Waals surface area contributed by atoms with Gasteiger partial charge in [0.05, 0.1) is 23.7 Å². The maximum absolute atomic E-state index is 13.5. The number of carbonyl (C=O) groups excluding carboxylic acids is 1. The largest absolute Gasteiger partial charge is 0.378 e. The predicted octanol–water partition coefficient (Wildman–Crippen LogP) is 5.72. The SMILES string of the molecule is C/C(=N\NC(=O)CN(c1cccc(Br)c1)S(C)(=O)=O)c1ccc2c(c1)[C@@H]1C=CC[C@@H]1[C@H](c1ccc(F)cc1)N2. The van der Waals surface area contributed by atoms with E-state index in [0.29, 0.717) is 21.8 Å². The van der Waals surface area contributed by atoms with E-state index < -0.39 is 22.5 Å². The molecule has 10 heteroatoms. The molecule has 3 atom stereocenters. The summed E-state index contributed by atoms with van der Waals surface area (Å²) in [6.07, 6.45) is 6.39. The van der Waals surface area contributed by atoms with Crippen molar-refractivity contribution < 1.29 is 17.6 Å². The Morgan fingerprint density at radius 1 is 1.15 bits per heavy atom. The maximum Gasteiger partial charge on any atom is 0.260 e. The molecule has 7 nitrogen and oxygen atoms in total. The summed E-state index contributed by atoms with van der Waals surface area (Å²) in [6, 6.07) is 19.5.